The maximum absolute atomic E-state index is 12.8. The molecule has 1 aromatic heterocycles. The van der Waals surface area contributed by atoms with Gasteiger partial charge in [0, 0.05) is 12.6 Å². The SMILES string of the molecule is Cc1nc2n(n1)CC(=O)N[C@H](C)C(=O)N[C@@H](C(C)C)CNCC(=O)N[C@H]2Cc1ccccc1. The van der Waals surface area contributed by atoms with Gasteiger partial charge >= 0.3 is 0 Å². The summed E-state index contributed by atoms with van der Waals surface area (Å²) in [6.45, 7) is 7.77. The molecule has 4 N–H and O–H groups in total. The van der Waals surface area contributed by atoms with E-state index in [1.54, 1.807) is 13.8 Å². The number of hydrogen-bond donors (Lipinski definition) is 4. The molecule has 2 aromatic rings. The summed E-state index contributed by atoms with van der Waals surface area (Å²) in [5, 5.41) is 16.2. The molecule has 0 spiro atoms. The topological polar surface area (TPSA) is 130 Å². The number of rotatable bonds is 3. The quantitative estimate of drug-likeness (QED) is 0.524. The van der Waals surface area contributed by atoms with Crippen LogP contribution in [0.2, 0.25) is 0 Å². The normalized spacial score (nSPS) is 23.1. The van der Waals surface area contributed by atoms with Crippen molar-refractivity contribution in [3.63, 3.8) is 0 Å². The second-order valence-corrected chi connectivity index (χ2v) is 8.76. The summed E-state index contributed by atoms with van der Waals surface area (Å²) in [5.74, 6) is 0.292. The molecule has 3 amide bonds. The summed E-state index contributed by atoms with van der Waals surface area (Å²) in [7, 11) is 0. The number of amides is 3. The van der Waals surface area contributed by atoms with E-state index in [2.05, 4.69) is 31.3 Å². The Bertz CT molecular complexity index is 974. The lowest BCUT2D eigenvalue weighted by Gasteiger charge is -2.25. The molecule has 10 nitrogen and oxygen atoms in total. The third-order valence-corrected chi connectivity index (χ3v) is 5.58. The fourth-order valence-corrected chi connectivity index (χ4v) is 3.74. The number of aryl methyl sites for hydroxylation is 1. The van der Waals surface area contributed by atoms with Gasteiger partial charge in [0.2, 0.25) is 17.7 Å². The monoisotopic (exact) mass is 455 g/mol. The second kappa shape index (κ2) is 11.0. The molecule has 33 heavy (non-hydrogen) atoms. The van der Waals surface area contributed by atoms with Crippen molar-refractivity contribution in [1.29, 1.82) is 0 Å². The Balaban J connectivity index is 1.91. The van der Waals surface area contributed by atoms with Crippen molar-refractivity contribution >= 4 is 17.7 Å². The second-order valence-electron chi connectivity index (χ2n) is 8.76. The van der Waals surface area contributed by atoms with Crippen molar-refractivity contribution in [2.45, 2.75) is 58.8 Å². The average Bonchev–Trinajstić information content (AvgIpc) is 3.12. The highest BCUT2D eigenvalue weighted by molar-refractivity contribution is 5.87. The van der Waals surface area contributed by atoms with E-state index in [1.165, 1.54) is 4.68 Å². The zero-order valence-corrected chi connectivity index (χ0v) is 19.6. The number of benzene rings is 1. The number of hydrogen-bond acceptors (Lipinski definition) is 6. The molecule has 0 saturated heterocycles. The molecule has 1 aromatic carbocycles. The highest BCUT2D eigenvalue weighted by Gasteiger charge is 2.26. The van der Waals surface area contributed by atoms with Gasteiger partial charge in [0.15, 0.2) is 5.82 Å². The van der Waals surface area contributed by atoms with Gasteiger partial charge < -0.3 is 21.3 Å². The number of nitrogens with zero attached hydrogens (tertiary/aromatic N) is 3. The van der Waals surface area contributed by atoms with Gasteiger partial charge in [-0.2, -0.15) is 5.10 Å². The van der Waals surface area contributed by atoms with E-state index in [-0.39, 0.29) is 42.8 Å². The Morgan fingerprint density at radius 1 is 1.06 bits per heavy atom. The van der Waals surface area contributed by atoms with Crippen LogP contribution in [0.1, 0.15) is 44.0 Å². The standard InChI is InChI=1S/C23H33N7O3/c1-14(2)19-11-24-12-20(31)27-18(10-17-8-6-5-7-9-17)22-26-16(4)29-30(22)13-21(32)25-15(3)23(33)28-19/h5-9,14-15,18-19,24H,10-13H2,1-4H3,(H,25,32)(H,27,31)(H,28,33)/t15-,18+,19-/m1/s1. The zero-order chi connectivity index (χ0) is 24.0. The molecular weight excluding hydrogens is 422 g/mol. The Morgan fingerprint density at radius 3 is 2.48 bits per heavy atom. The van der Waals surface area contributed by atoms with Gasteiger partial charge in [-0.15, -0.1) is 0 Å². The molecule has 0 saturated carbocycles. The third-order valence-electron chi connectivity index (χ3n) is 5.58. The van der Waals surface area contributed by atoms with Crippen molar-refractivity contribution < 1.29 is 14.4 Å². The average molecular weight is 456 g/mol. The summed E-state index contributed by atoms with van der Waals surface area (Å²) >= 11 is 0. The first-order valence-corrected chi connectivity index (χ1v) is 11.3. The first-order valence-electron chi connectivity index (χ1n) is 11.3. The number of carbonyl (C=O) groups is 3. The molecule has 0 aliphatic carbocycles. The van der Waals surface area contributed by atoms with Crippen molar-refractivity contribution in [3.05, 3.63) is 47.5 Å². The summed E-state index contributed by atoms with van der Waals surface area (Å²) in [6, 6.07) is 8.39. The minimum atomic E-state index is -0.711. The lowest BCUT2D eigenvalue weighted by atomic mass is 10.0. The summed E-state index contributed by atoms with van der Waals surface area (Å²) in [4.78, 5) is 42.6. The van der Waals surface area contributed by atoms with Gasteiger partial charge in [0.1, 0.15) is 18.4 Å². The van der Waals surface area contributed by atoms with E-state index in [0.29, 0.717) is 24.6 Å². The zero-order valence-electron chi connectivity index (χ0n) is 19.6. The molecule has 3 atom stereocenters. The van der Waals surface area contributed by atoms with E-state index >= 15 is 0 Å². The van der Waals surface area contributed by atoms with Crippen LogP contribution in [0.25, 0.3) is 0 Å². The Kier molecular flexibility index (Phi) is 8.16. The highest BCUT2D eigenvalue weighted by Crippen LogP contribution is 2.18. The molecule has 0 unspecified atom stereocenters. The molecule has 0 fully saturated rings. The van der Waals surface area contributed by atoms with Crippen LogP contribution in [0.15, 0.2) is 30.3 Å². The summed E-state index contributed by atoms with van der Waals surface area (Å²) in [6.07, 6.45) is 0.497. The molecule has 1 aliphatic rings. The lowest BCUT2D eigenvalue weighted by Crippen LogP contribution is -2.53. The highest BCUT2D eigenvalue weighted by atomic mass is 16.2. The fourth-order valence-electron chi connectivity index (χ4n) is 3.74. The summed E-state index contributed by atoms with van der Waals surface area (Å²) < 4.78 is 1.49. The lowest BCUT2D eigenvalue weighted by molar-refractivity contribution is -0.129. The third kappa shape index (κ3) is 6.85. The minimum Gasteiger partial charge on any atom is -0.350 e. The van der Waals surface area contributed by atoms with E-state index in [4.69, 9.17) is 0 Å². The van der Waals surface area contributed by atoms with E-state index < -0.39 is 12.1 Å². The van der Waals surface area contributed by atoms with E-state index in [1.807, 2.05) is 44.2 Å². The first kappa shape index (κ1) is 24.4. The first-order chi connectivity index (χ1) is 15.7. The molecular formula is C23H33N7O3. The maximum atomic E-state index is 12.8. The largest absolute Gasteiger partial charge is 0.350 e. The maximum Gasteiger partial charge on any atom is 0.242 e. The number of carbonyl (C=O) groups excluding carboxylic acids is 3. The number of nitrogens with one attached hydrogen (secondary N) is 4. The van der Waals surface area contributed by atoms with Crippen LogP contribution >= 0.6 is 0 Å². The van der Waals surface area contributed by atoms with Crippen LogP contribution < -0.4 is 21.3 Å². The van der Waals surface area contributed by atoms with Crippen LogP contribution in [-0.4, -0.2) is 57.7 Å². The van der Waals surface area contributed by atoms with Crippen LogP contribution in [0.5, 0.6) is 0 Å². The Labute approximate surface area is 193 Å². The summed E-state index contributed by atoms with van der Waals surface area (Å²) in [5.41, 5.74) is 1.02. The van der Waals surface area contributed by atoms with Crippen LogP contribution in [0.4, 0.5) is 0 Å². The van der Waals surface area contributed by atoms with Crippen molar-refractivity contribution in [1.82, 2.24) is 36.0 Å². The van der Waals surface area contributed by atoms with Crippen molar-refractivity contribution in [2.24, 2.45) is 5.92 Å². The van der Waals surface area contributed by atoms with Crippen LogP contribution in [-0.2, 0) is 27.3 Å². The molecule has 2 heterocycles. The molecule has 0 radical (unpaired) electrons. The van der Waals surface area contributed by atoms with Gasteiger partial charge in [-0.3, -0.25) is 14.4 Å². The minimum absolute atomic E-state index is 0.0875. The smallest absolute Gasteiger partial charge is 0.242 e. The number of aromatic nitrogens is 3. The van der Waals surface area contributed by atoms with Gasteiger partial charge in [-0.1, -0.05) is 44.2 Å². The molecule has 1 aliphatic heterocycles. The Morgan fingerprint density at radius 2 is 1.79 bits per heavy atom. The molecule has 10 heteroatoms. The van der Waals surface area contributed by atoms with E-state index in [0.717, 1.165) is 5.56 Å². The Hall–Kier alpha value is -3.27. The van der Waals surface area contributed by atoms with Gasteiger partial charge in [-0.05, 0) is 31.7 Å². The predicted octanol–water partition coefficient (Wildman–Crippen LogP) is 0.235. The van der Waals surface area contributed by atoms with Crippen LogP contribution in [0.3, 0.4) is 0 Å². The molecule has 0 bridgehead atoms. The van der Waals surface area contributed by atoms with Gasteiger partial charge in [0.25, 0.3) is 0 Å². The van der Waals surface area contributed by atoms with Crippen molar-refractivity contribution in [3.8, 4) is 0 Å². The molecule has 178 valence electrons. The van der Waals surface area contributed by atoms with Gasteiger partial charge in [0.05, 0.1) is 12.6 Å². The predicted molar refractivity (Wildman–Crippen MR) is 123 cm³/mol. The van der Waals surface area contributed by atoms with Gasteiger partial charge in [-0.25, -0.2) is 9.67 Å². The molecule has 3 rings (SSSR count). The van der Waals surface area contributed by atoms with E-state index in [9.17, 15) is 14.4 Å². The fraction of sp³-hybridized carbons (Fsp3) is 0.522. The number of fused-ring (bicyclic) bond motifs is 1. The van der Waals surface area contributed by atoms with Crippen molar-refractivity contribution in [2.75, 3.05) is 13.1 Å². The van der Waals surface area contributed by atoms with Crippen LogP contribution in [0, 0.1) is 12.8 Å².